The third kappa shape index (κ3) is 5.52. The Morgan fingerprint density at radius 1 is 1.30 bits per heavy atom. The summed E-state index contributed by atoms with van der Waals surface area (Å²) in [5, 5.41) is 2.11. The van der Waals surface area contributed by atoms with Crippen molar-refractivity contribution in [3.05, 3.63) is 35.9 Å². The fourth-order valence-corrected chi connectivity index (χ4v) is 2.56. The summed E-state index contributed by atoms with van der Waals surface area (Å²) in [7, 11) is -0.352. The molecule has 0 aromatic heterocycles. The number of rotatable bonds is 7. The number of nitrogens with zero attached hydrogens (tertiary/aromatic N) is 1. The molecular formula is C13H20N2O3S2. The molecule has 1 unspecified atom stereocenters. The number of thiol groups is 1. The van der Waals surface area contributed by atoms with Gasteiger partial charge in [-0.3, -0.25) is 4.79 Å². The topological polar surface area (TPSA) is 66.5 Å². The van der Waals surface area contributed by atoms with Gasteiger partial charge in [-0.25, -0.2) is 12.7 Å². The standard InChI is InChI=1S/C13H20N2O3S2/c1-15(2)20(17,18)9-8-14-13(16)12(19)10-11-6-4-3-5-7-11/h3-7,12,19H,8-10H2,1-2H3,(H,14,16). The first-order valence-corrected chi connectivity index (χ1v) is 8.35. The third-order valence-electron chi connectivity index (χ3n) is 2.79. The molecule has 112 valence electrons. The number of hydrogen-bond acceptors (Lipinski definition) is 4. The van der Waals surface area contributed by atoms with Crippen LogP contribution < -0.4 is 5.32 Å². The molecule has 1 amide bonds. The largest absolute Gasteiger partial charge is 0.354 e. The van der Waals surface area contributed by atoms with Crippen molar-refractivity contribution in [1.29, 1.82) is 0 Å². The van der Waals surface area contributed by atoms with Crippen LogP contribution in [0.5, 0.6) is 0 Å². The van der Waals surface area contributed by atoms with E-state index in [1.165, 1.54) is 14.1 Å². The third-order valence-corrected chi connectivity index (χ3v) is 5.04. The highest BCUT2D eigenvalue weighted by molar-refractivity contribution is 7.89. The van der Waals surface area contributed by atoms with Crippen LogP contribution in [0.1, 0.15) is 5.56 Å². The van der Waals surface area contributed by atoms with E-state index in [0.29, 0.717) is 6.42 Å². The molecule has 0 heterocycles. The summed E-state index contributed by atoms with van der Waals surface area (Å²) in [6.45, 7) is 0.0885. The highest BCUT2D eigenvalue weighted by atomic mass is 32.2. The summed E-state index contributed by atoms with van der Waals surface area (Å²) in [6, 6.07) is 9.55. The number of nitrogens with one attached hydrogen (secondary N) is 1. The van der Waals surface area contributed by atoms with Crippen LogP contribution in [0.15, 0.2) is 30.3 Å². The minimum absolute atomic E-state index is 0.0885. The van der Waals surface area contributed by atoms with E-state index in [1.807, 2.05) is 30.3 Å². The Labute approximate surface area is 125 Å². The lowest BCUT2D eigenvalue weighted by Gasteiger charge is -2.14. The molecule has 0 aliphatic heterocycles. The average molecular weight is 316 g/mol. The second-order valence-corrected chi connectivity index (χ2v) is 7.52. The number of hydrogen-bond donors (Lipinski definition) is 2. The Kier molecular flexibility index (Phi) is 6.51. The second kappa shape index (κ2) is 7.66. The Balaban J connectivity index is 2.40. The first-order valence-electron chi connectivity index (χ1n) is 6.23. The van der Waals surface area contributed by atoms with E-state index in [0.717, 1.165) is 9.87 Å². The smallest absolute Gasteiger partial charge is 0.233 e. The highest BCUT2D eigenvalue weighted by Crippen LogP contribution is 2.07. The molecule has 1 aromatic carbocycles. The molecule has 0 spiro atoms. The maximum atomic E-state index is 11.8. The van der Waals surface area contributed by atoms with Gasteiger partial charge in [-0.2, -0.15) is 12.6 Å². The number of benzene rings is 1. The van der Waals surface area contributed by atoms with Crippen LogP contribution in [0.2, 0.25) is 0 Å². The second-order valence-electron chi connectivity index (χ2n) is 4.59. The molecule has 0 saturated carbocycles. The van der Waals surface area contributed by atoms with E-state index >= 15 is 0 Å². The summed E-state index contributed by atoms with van der Waals surface area (Å²) in [4.78, 5) is 11.8. The molecule has 7 heteroatoms. The molecule has 0 radical (unpaired) electrons. The molecule has 0 fully saturated rings. The van der Waals surface area contributed by atoms with Crippen LogP contribution in [0.4, 0.5) is 0 Å². The van der Waals surface area contributed by atoms with Crippen LogP contribution in [-0.2, 0) is 21.2 Å². The van der Waals surface area contributed by atoms with Crippen molar-refractivity contribution < 1.29 is 13.2 Å². The van der Waals surface area contributed by atoms with Crippen molar-refractivity contribution in [3.8, 4) is 0 Å². The SMILES string of the molecule is CN(C)S(=O)(=O)CCNC(=O)C(S)Cc1ccccc1. The predicted molar refractivity (Wildman–Crippen MR) is 83.4 cm³/mol. The van der Waals surface area contributed by atoms with E-state index in [9.17, 15) is 13.2 Å². The van der Waals surface area contributed by atoms with Crippen molar-refractivity contribution in [2.24, 2.45) is 0 Å². The average Bonchev–Trinajstić information content (AvgIpc) is 2.39. The Morgan fingerprint density at radius 2 is 1.90 bits per heavy atom. The Morgan fingerprint density at radius 3 is 2.45 bits per heavy atom. The molecule has 0 aliphatic carbocycles. The molecule has 1 N–H and O–H groups in total. The van der Waals surface area contributed by atoms with Crippen LogP contribution in [-0.4, -0.2) is 50.3 Å². The molecular weight excluding hydrogens is 296 g/mol. The van der Waals surface area contributed by atoms with Crippen LogP contribution >= 0.6 is 12.6 Å². The summed E-state index contributed by atoms with van der Waals surface area (Å²) < 4.78 is 24.2. The number of amides is 1. The lowest BCUT2D eigenvalue weighted by atomic mass is 10.1. The first-order chi connectivity index (χ1) is 9.33. The van der Waals surface area contributed by atoms with E-state index in [-0.39, 0.29) is 18.2 Å². The summed E-state index contributed by atoms with van der Waals surface area (Å²) in [5.41, 5.74) is 1.02. The fraction of sp³-hybridized carbons (Fsp3) is 0.462. The van der Waals surface area contributed by atoms with Gasteiger partial charge in [-0.05, 0) is 12.0 Å². The number of carbonyl (C=O) groups excluding carboxylic acids is 1. The minimum Gasteiger partial charge on any atom is -0.354 e. The Hall–Kier alpha value is -1.05. The van der Waals surface area contributed by atoms with Crippen LogP contribution in [0, 0.1) is 0 Å². The zero-order valence-corrected chi connectivity index (χ0v) is 13.3. The highest BCUT2D eigenvalue weighted by Gasteiger charge is 2.17. The molecule has 20 heavy (non-hydrogen) atoms. The molecule has 0 bridgehead atoms. The quantitative estimate of drug-likeness (QED) is 0.722. The van der Waals surface area contributed by atoms with Gasteiger partial charge >= 0.3 is 0 Å². The van der Waals surface area contributed by atoms with E-state index in [2.05, 4.69) is 17.9 Å². The zero-order chi connectivity index (χ0) is 15.2. The normalized spacial score (nSPS) is 13.2. The molecule has 0 aliphatic rings. The zero-order valence-electron chi connectivity index (χ0n) is 11.6. The summed E-state index contributed by atoms with van der Waals surface area (Å²) in [6.07, 6.45) is 0.510. The van der Waals surface area contributed by atoms with E-state index < -0.39 is 15.3 Å². The number of sulfonamides is 1. The molecule has 5 nitrogen and oxygen atoms in total. The van der Waals surface area contributed by atoms with Crippen molar-refractivity contribution >= 4 is 28.6 Å². The summed E-state index contributed by atoms with van der Waals surface area (Å²) >= 11 is 4.25. The maximum absolute atomic E-state index is 11.8. The van der Waals surface area contributed by atoms with Gasteiger partial charge in [0.15, 0.2) is 0 Å². The van der Waals surface area contributed by atoms with Gasteiger partial charge < -0.3 is 5.32 Å². The van der Waals surface area contributed by atoms with Gasteiger partial charge in [0, 0.05) is 20.6 Å². The van der Waals surface area contributed by atoms with Gasteiger partial charge in [-0.15, -0.1) is 0 Å². The maximum Gasteiger partial charge on any atom is 0.233 e. The van der Waals surface area contributed by atoms with Crippen molar-refractivity contribution in [2.75, 3.05) is 26.4 Å². The van der Waals surface area contributed by atoms with Gasteiger partial charge in [0.1, 0.15) is 0 Å². The Bertz CT molecular complexity index is 530. The van der Waals surface area contributed by atoms with Crippen molar-refractivity contribution in [1.82, 2.24) is 9.62 Å². The lowest BCUT2D eigenvalue weighted by molar-refractivity contribution is -0.120. The van der Waals surface area contributed by atoms with E-state index in [4.69, 9.17) is 0 Å². The number of carbonyl (C=O) groups is 1. The molecule has 1 aromatic rings. The van der Waals surface area contributed by atoms with Gasteiger partial charge in [0.2, 0.25) is 15.9 Å². The molecule has 1 atom stereocenters. The predicted octanol–water partition coefficient (Wildman–Crippen LogP) is 0.535. The first kappa shape index (κ1) is 17.0. The van der Waals surface area contributed by atoms with Crippen molar-refractivity contribution in [2.45, 2.75) is 11.7 Å². The van der Waals surface area contributed by atoms with Crippen LogP contribution in [0.3, 0.4) is 0 Å². The van der Waals surface area contributed by atoms with Gasteiger partial charge in [0.25, 0.3) is 0 Å². The van der Waals surface area contributed by atoms with E-state index in [1.54, 1.807) is 0 Å². The molecule has 0 saturated heterocycles. The lowest BCUT2D eigenvalue weighted by Crippen LogP contribution is -2.38. The van der Waals surface area contributed by atoms with Crippen molar-refractivity contribution in [3.63, 3.8) is 0 Å². The van der Waals surface area contributed by atoms with Gasteiger partial charge in [0.05, 0.1) is 11.0 Å². The fourth-order valence-electron chi connectivity index (χ4n) is 1.53. The van der Waals surface area contributed by atoms with Gasteiger partial charge in [-0.1, -0.05) is 30.3 Å². The summed E-state index contributed by atoms with van der Waals surface area (Å²) in [5.74, 6) is -0.372. The molecule has 1 rings (SSSR count). The minimum atomic E-state index is -3.28. The monoisotopic (exact) mass is 316 g/mol. The van der Waals surface area contributed by atoms with Crippen LogP contribution in [0.25, 0.3) is 0 Å².